The van der Waals surface area contributed by atoms with Crippen molar-refractivity contribution in [1.29, 1.82) is 0 Å². The predicted octanol–water partition coefficient (Wildman–Crippen LogP) is 1.43. The van der Waals surface area contributed by atoms with Crippen LogP contribution in [0.2, 0.25) is 0 Å². The van der Waals surface area contributed by atoms with Crippen molar-refractivity contribution >= 4 is 39.7 Å². The molecule has 17 heteroatoms. The fourth-order valence-electron chi connectivity index (χ4n) is 3.83. The first kappa shape index (κ1) is 33.1. The number of benzene rings is 1. The molecule has 1 saturated heterocycles. The molecule has 1 fully saturated rings. The Morgan fingerprint density at radius 2 is 1.81 bits per heavy atom. The molecule has 1 aliphatic rings. The Kier molecular flexibility index (Phi) is 11.3. The molecular weight excluding hydrogens is 587 g/mol. The maximum Gasteiger partial charge on any atom is 0.437 e. The minimum atomic E-state index is -3.86. The molecule has 1 aromatic heterocycles. The van der Waals surface area contributed by atoms with Gasteiger partial charge in [0.2, 0.25) is 16.0 Å². The molecule has 0 saturated carbocycles. The Morgan fingerprint density at radius 1 is 1.14 bits per heavy atom. The van der Waals surface area contributed by atoms with Crippen LogP contribution < -0.4 is 21.1 Å². The lowest BCUT2D eigenvalue weighted by atomic mass is 10.1. The van der Waals surface area contributed by atoms with Crippen LogP contribution in [0.4, 0.5) is 15.1 Å². The summed E-state index contributed by atoms with van der Waals surface area (Å²) in [6.45, 7) is 5.66. The monoisotopic (exact) mass is 622 g/mol. The molecule has 1 aromatic carbocycles. The smallest absolute Gasteiger partial charge is 0.437 e. The molecule has 15 nitrogen and oxygen atoms in total. The van der Waals surface area contributed by atoms with Crippen molar-refractivity contribution in [1.82, 2.24) is 14.7 Å². The number of nitrogens with one attached hydrogen (secondary N) is 1. The zero-order chi connectivity index (χ0) is 31.6. The fourth-order valence-corrected chi connectivity index (χ4v) is 4.69. The highest BCUT2D eigenvalue weighted by Crippen LogP contribution is 2.26. The van der Waals surface area contributed by atoms with Gasteiger partial charge < -0.3 is 30.7 Å². The van der Waals surface area contributed by atoms with E-state index in [1.807, 2.05) is 4.90 Å². The first-order valence-corrected chi connectivity index (χ1v) is 14.9. The van der Waals surface area contributed by atoms with Crippen LogP contribution in [0.3, 0.4) is 0 Å². The molecule has 0 spiro atoms. The van der Waals surface area contributed by atoms with Crippen molar-refractivity contribution in [3.8, 4) is 11.1 Å². The second-order valence-electron chi connectivity index (χ2n) is 10.4. The third kappa shape index (κ3) is 11.1. The van der Waals surface area contributed by atoms with Crippen molar-refractivity contribution in [3.63, 3.8) is 0 Å². The average Bonchev–Trinajstić information content (AvgIpc) is 2.91. The van der Waals surface area contributed by atoms with Gasteiger partial charge in [0.15, 0.2) is 11.7 Å². The number of sulfonamides is 1. The van der Waals surface area contributed by atoms with Crippen molar-refractivity contribution in [2.75, 3.05) is 36.9 Å². The molecule has 0 unspecified atom stereocenters. The molecule has 1 aliphatic heterocycles. The summed E-state index contributed by atoms with van der Waals surface area (Å²) in [5.74, 6) is -2.21. The molecule has 234 valence electrons. The van der Waals surface area contributed by atoms with E-state index in [4.69, 9.17) is 25.8 Å². The van der Waals surface area contributed by atoms with Gasteiger partial charge in [-0.3, -0.25) is 4.79 Å². The van der Waals surface area contributed by atoms with E-state index < -0.39 is 45.2 Å². The molecule has 0 radical (unpaired) electrons. The van der Waals surface area contributed by atoms with Gasteiger partial charge in [0.05, 0.1) is 5.71 Å². The number of ether oxygens (including phenoxy) is 2. The van der Waals surface area contributed by atoms with Crippen molar-refractivity contribution in [2.45, 2.75) is 45.8 Å². The van der Waals surface area contributed by atoms with E-state index in [0.717, 1.165) is 5.71 Å². The Morgan fingerprint density at radius 3 is 2.44 bits per heavy atom. The Hall–Kier alpha value is -4.38. The molecular formula is C26H35FN8O7S. The Bertz CT molecular complexity index is 1450. The number of nitrogens with zero attached hydrogens (tertiary/aromatic N) is 5. The van der Waals surface area contributed by atoms with Crippen molar-refractivity contribution < 1.29 is 36.7 Å². The van der Waals surface area contributed by atoms with Crippen LogP contribution in [0.15, 0.2) is 40.7 Å². The lowest BCUT2D eigenvalue weighted by Crippen LogP contribution is -2.36. The van der Waals surface area contributed by atoms with Crippen LogP contribution in [0.5, 0.6) is 0 Å². The van der Waals surface area contributed by atoms with Crippen LogP contribution in [-0.4, -0.2) is 79.7 Å². The summed E-state index contributed by atoms with van der Waals surface area (Å²) in [6.07, 6.45) is 3.13. The van der Waals surface area contributed by atoms with Crippen LogP contribution in [0.25, 0.3) is 11.1 Å². The molecule has 0 aliphatic carbocycles. The van der Waals surface area contributed by atoms with Gasteiger partial charge in [0, 0.05) is 61.6 Å². The van der Waals surface area contributed by atoms with E-state index in [9.17, 15) is 18.0 Å². The van der Waals surface area contributed by atoms with E-state index in [0.29, 0.717) is 37.4 Å². The lowest BCUT2D eigenvalue weighted by molar-refractivity contribution is -0.151. The second kappa shape index (κ2) is 14.7. The van der Waals surface area contributed by atoms with E-state index in [2.05, 4.69) is 24.8 Å². The predicted molar refractivity (Wildman–Crippen MR) is 156 cm³/mol. The third-order valence-electron chi connectivity index (χ3n) is 5.66. The molecule has 0 atom stereocenters. The number of aromatic nitrogens is 2. The van der Waals surface area contributed by atoms with Crippen LogP contribution in [-0.2, 0) is 35.7 Å². The molecule has 1 amide bonds. The summed E-state index contributed by atoms with van der Waals surface area (Å²) in [4.78, 5) is 42.4. The second-order valence-corrected chi connectivity index (χ2v) is 12.2. The van der Waals surface area contributed by atoms with E-state index >= 15 is 4.39 Å². The highest BCUT2D eigenvalue weighted by atomic mass is 32.2. The normalized spacial score (nSPS) is 13.7. The summed E-state index contributed by atoms with van der Waals surface area (Å²) in [6, 6.07) is 4.64. The fraction of sp³-hybridized carbons (Fsp3) is 0.462. The Labute approximate surface area is 248 Å². The number of hydrogen-bond donors (Lipinski definition) is 3. The highest BCUT2D eigenvalue weighted by Gasteiger charge is 2.23. The van der Waals surface area contributed by atoms with Gasteiger partial charge in [-0.15, -0.1) is 4.99 Å². The lowest BCUT2D eigenvalue weighted by Gasteiger charge is -2.27. The largest absolute Gasteiger partial charge is 0.459 e. The maximum atomic E-state index is 15.1. The van der Waals surface area contributed by atoms with Gasteiger partial charge in [-0.2, -0.15) is 0 Å². The standard InChI is InChI=1S/C26H35FN8O7S/c1-26(2,3)42-21(36)16-43(38,39)32-9-12-41-34-19-7-10-35(11-8-19)24-30-13-18(14-31-24)20-6-4-5-17(22(20)27)15-40-25(37)33-23(28)29/h4-6,13-14,32H,7-12,15-16H2,1-3H3,(H4,28,29,33,37). The first-order chi connectivity index (χ1) is 20.2. The zero-order valence-corrected chi connectivity index (χ0v) is 24.9. The van der Waals surface area contributed by atoms with Gasteiger partial charge in [-0.1, -0.05) is 23.4 Å². The number of guanidine groups is 1. The average molecular weight is 623 g/mol. The number of amides is 1. The van der Waals surface area contributed by atoms with Crippen LogP contribution in [0.1, 0.15) is 39.2 Å². The first-order valence-electron chi connectivity index (χ1n) is 13.2. The summed E-state index contributed by atoms with van der Waals surface area (Å²) in [5, 5.41) is 4.08. The zero-order valence-electron chi connectivity index (χ0n) is 24.1. The van der Waals surface area contributed by atoms with Gasteiger partial charge in [0.1, 0.15) is 24.6 Å². The highest BCUT2D eigenvalue weighted by molar-refractivity contribution is 7.90. The number of hydrogen-bond acceptors (Lipinski definition) is 11. The molecule has 5 N–H and O–H groups in total. The number of nitrogens with two attached hydrogens (primary N) is 2. The van der Waals surface area contributed by atoms with Crippen LogP contribution in [0, 0.1) is 5.82 Å². The summed E-state index contributed by atoms with van der Waals surface area (Å²) >= 11 is 0. The molecule has 43 heavy (non-hydrogen) atoms. The molecule has 3 rings (SSSR count). The van der Waals surface area contributed by atoms with Gasteiger partial charge in [0.25, 0.3) is 0 Å². The van der Waals surface area contributed by atoms with E-state index in [1.165, 1.54) is 18.5 Å². The number of anilines is 1. The van der Waals surface area contributed by atoms with E-state index in [-0.39, 0.29) is 30.9 Å². The minimum absolute atomic E-state index is 0.0121. The molecule has 2 heterocycles. The topological polar surface area (TPSA) is 214 Å². The van der Waals surface area contributed by atoms with Gasteiger partial charge in [-0.05, 0) is 20.8 Å². The summed E-state index contributed by atoms with van der Waals surface area (Å²) in [5.41, 5.74) is 11.1. The number of carbonyl (C=O) groups is 2. The molecule has 0 bridgehead atoms. The summed E-state index contributed by atoms with van der Waals surface area (Å²) in [7, 11) is -3.86. The number of rotatable bonds is 11. The van der Waals surface area contributed by atoms with Crippen LogP contribution >= 0.6 is 0 Å². The van der Waals surface area contributed by atoms with E-state index in [1.54, 1.807) is 32.9 Å². The van der Waals surface area contributed by atoms with Gasteiger partial charge in [-0.25, -0.2) is 32.3 Å². The minimum Gasteiger partial charge on any atom is -0.459 e. The number of piperidine rings is 1. The SMILES string of the molecule is CC(C)(C)OC(=O)CS(=O)(=O)NCCON=C1CCN(c2ncc(-c3cccc(COC(=O)N=C(N)N)c3F)cn2)CC1. The number of oxime groups is 1. The Balaban J connectivity index is 1.46. The molecule has 2 aromatic rings. The third-order valence-corrected chi connectivity index (χ3v) is 6.92. The number of aliphatic imine (C=N–C) groups is 1. The quantitative estimate of drug-likeness (QED) is 0.107. The van der Waals surface area contributed by atoms with Crippen molar-refractivity contribution in [3.05, 3.63) is 42.0 Å². The number of carbonyl (C=O) groups excluding carboxylic acids is 2. The maximum absolute atomic E-state index is 15.1. The number of halogens is 1. The number of esters is 1. The summed E-state index contributed by atoms with van der Waals surface area (Å²) < 4.78 is 51.2. The van der Waals surface area contributed by atoms with Gasteiger partial charge >= 0.3 is 12.1 Å². The van der Waals surface area contributed by atoms with Crippen molar-refractivity contribution in [2.24, 2.45) is 21.6 Å².